The molecule has 0 saturated heterocycles. The van der Waals surface area contributed by atoms with E-state index < -0.39 is 0 Å². The number of aryl methyl sites for hydroxylation is 7. The Morgan fingerprint density at radius 2 is 0.562 bits per heavy atom. The van der Waals surface area contributed by atoms with Crippen LogP contribution in [0.15, 0.2) is 246 Å². The van der Waals surface area contributed by atoms with Crippen LogP contribution < -0.4 is 9.47 Å². The Labute approximate surface area is 796 Å². The molecule has 0 amide bonds. The SMILES string of the molecule is Cc1ccccc1C(C)(C)CCC(C)(C)C(C)(C)c1ccccc1.Cc1ccccc1CCCC(C)(C)C1(C)CCCCC1.Cc1ccccc1OCCC(C)(C)C(C)(C)c1ccccc1.Cc1ccccc1OCCC(C)(C)C1(C)CCCCC1.Cc1ccccc1SCCC(C)(C)C(C)(C)c1ccccc1.Cc1ccccc1SCCC(C)(C)C1(C)CCCCC1. The molecule has 0 heterocycles. The summed E-state index contributed by atoms with van der Waals surface area (Å²) in [5.41, 5.74) is 19.5. The molecule has 3 fully saturated rings. The molecule has 3 aliphatic rings. The molecule has 2 nitrogen and oxygen atoms in total. The van der Waals surface area contributed by atoms with Crippen molar-refractivity contribution in [1.82, 2.24) is 0 Å². The van der Waals surface area contributed by atoms with Gasteiger partial charge in [-0.1, -0.05) is 429 Å². The lowest BCUT2D eigenvalue weighted by Crippen LogP contribution is -2.38. The maximum atomic E-state index is 6.01. The van der Waals surface area contributed by atoms with E-state index >= 15 is 0 Å². The molecule has 0 spiro atoms. The van der Waals surface area contributed by atoms with E-state index in [0.29, 0.717) is 32.5 Å². The van der Waals surface area contributed by atoms with Gasteiger partial charge in [-0.05, 0) is 305 Å². The fraction of sp³-hybridized carbons (Fsp3) is 0.565. The minimum absolute atomic E-state index is 0.101. The fourth-order valence-electron chi connectivity index (χ4n) is 19.8. The summed E-state index contributed by atoms with van der Waals surface area (Å²) in [4.78, 5) is 2.87. The van der Waals surface area contributed by atoms with Gasteiger partial charge in [-0.25, -0.2) is 0 Å². The number of thioether (sulfide) groups is 2. The molecule has 702 valence electrons. The maximum Gasteiger partial charge on any atom is 0.122 e. The third kappa shape index (κ3) is 30.7. The quantitative estimate of drug-likeness (QED) is 0.0382. The lowest BCUT2D eigenvalue weighted by Gasteiger charge is -2.47. The van der Waals surface area contributed by atoms with Crippen LogP contribution in [-0.4, -0.2) is 24.7 Å². The smallest absolute Gasteiger partial charge is 0.122 e. The minimum atomic E-state index is 0.101. The molecular formula is C124H182O2S2. The molecule has 9 aromatic carbocycles. The summed E-state index contributed by atoms with van der Waals surface area (Å²) < 4.78 is 12.0. The van der Waals surface area contributed by atoms with Gasteiger partial charge in [0.2, 0.25) is 0 Å². The minimum Gasteiger partial charge on any atom is -0.493 e. The van der Waals surface area contributed by atoms with Gasteiger partial charge in [0.1, 0.15) is 11.5 Å². The first kappa shape index (κ1) is 108. The van der Waals surface area contributed by atoms with Crippen molar-refractivity contribution in [3.8, 4) is 11.5 Å². The Balaban J connectivity index is 0.000000211. The molecule has 12 rings (SSSR count). The standard InChI is InChI=1S/C24H34.C21H28O.C21H28S.C20H32.C19H30O.C19H30S/c1-19-13-11-12-16-21(19)22(2,3)17-18-23(4,5)24(6,7)20-14-9-8-10-15-20;2*1-17-11-9-10-14-19(17)22-16-15-20(2,3)21(4,5)18-12-7-6-8-13-18;1-17-11-6-7-12-18(17)13-10-14-19(2,3)20(4)15-8-5-9-16-20;2*1-16-10-6-7-11-17(16)20-15-14-18(2,3)19(4)12-8-5-9-13-19/h8-16H,17-18H2,1-7H3;2*6-14H,15-16H2,1-5H3;6-7,11-12H,5,8-10,13-16H2,1-4H3;2*6-7,10-11H,5,8-9,12-15H2,1-4H3. The van der Waals surface area contributed by atoms with Crippen molar-refractivity contribution >= 4 is 23.5 Å². The Kier molecular flexibility index (Phi) is 41.3. The van der Waals surface area contributed by atoms with Crippen LogP contribution in [0.2, 0.25) is 0 Å². The normalized spacial score (nSPS) is 15.6. The molecule has 0 aliphatic heterocycles. The van der Waals surface area contributed by atoms with E-state index in [-0.39, 0.29) is 37.9 Å². The fourth-order valence-corrected chi connectivity index (χ4v) is 22.5. The zero-order valence-electron chi connectivity index (χ0n) is 86.9. The summed E-state index contributed by atoms with van der Waals surface area (Å²) in [6.07, 6.45) is 32.4. The highest BCUT2D eigenvalue weighted by molar-refractivity contribution is 7.99. The number of para-hydroxylation sites is 2. The monoisotopic (exact) mass is 1770 g/mol. The van der Waals surface area contributed by atoms with Gasteiger partial charge in [-0.2, -0.15) is 0 Å². The molecule has 128 heavy (non-hydrogen) atoms. The van der Waals surface area contributed by atoms with Crippen molar-refractivity contribution < 1.29 is 9.47 Å². The lowest BCUT2D eigenvalue weighted by molar-refractivity contribution is 0.0250. The molecule has 0 aromatic heterocycles. The highest BCUT2D eigenvalue weighted by atomic mass is 32.2. The summed E-state index contributed by atoms with van der Waals surface area (Å²) in [5.74, 6) is 4.44. The molecule has 3 saturated carbocycles. The van der Waals surface area contributed by atoms with Crippen LogP contribution in [0.25, 0.3) is 0 Å². The van der Waals surface area contributed by atoms with Gasteiger partial charge in [0.25, 0.3) is 0 Å². The van der Waals surface area contributed by atoms with Crippen molar-refractivity contribution in [2.75, 3.05) is 24.7 Å². The predicted molar refractivity (Wildman–Crippen MR) is 568 cm³/mol. The topological polar surface area (TPSA) is 18.5 Å². The first-order valence-corrected chi connectivity index (χ1v) is 52.1. The van der Waals surface area contributed by atoms with Gasteiger partial charge in [-0.15, -0.1) is 23.5 Å². The van der Waals surface area contributed by atoms with Crippen LogP contribution >= 0.6 is 23.5 Å². The van der Waals surface area contributed by atoms with Crippen LogP contribution in [-0.2, 0) is 28.1 Å². The number of hydrogen-bond donors (Lipinski definition) is 0. The molecule has 4 heteroatoms. The third-order valence-electron chi connectivity index (χ3n) is 34.4. The molecule has 3 aliphatic carbocycles. The summed E-state index contributed by atoms with van der Waals surface area (Å²) in [6, 6.07) is 84.3. The average molecular weight is 1770 g/mol. The second-order valence-electron chi connectivity index (χ2n) is 46.1. The van der Waals surface area contributed by atoms with Gasteiger partial charge >= 0.3 is 0 Å². The van der Waals surface area contributed by atoms with Crippen LogP contribution in [0.4, 0.5) is 0 Å². The van der Waals surface area contributed by atoms with E-state index in [1.54, 1.807) is 0 Å². The van der Waals surface area contributed by atoms with E-state index in [4.69, 9.17) is 9.47 Å². The molecule has 0 atom stereocenters. The summed E-state index contributed by atoms with van der Waals surface area (Å²) in [7, 11) is 0. The first-order chi connectivity index (χ1) is 60.1. The van der Waals surface area contributed by atoms with E-state index in [1.165, 1.54) is 218 Å². The summed E-state index contributed by atoms with van der Waals surface area (Å²) in [6.45, 7) is 70.4. The number of hydrogen-bond acceptors (Lipinski definition) is 4. The molecule has 9 aromatic rings. The Morgan fingerprint density at radius 3 is 0.938 bits per heavy atom. The summed E-state index contributed by atoms with van der Waals surface area (Å²) in [5, 5.41) is 0. The molecule has 0 bridgehead atoms. The van der Waals surface area contributed by atoms with Crippen LogP contribution in [0.1, 0.15) is 368 Å². The van der Waals surface area contributed by atoms with Crippen molar-refractivity contribution in [1.29, 1.82) is 0 Å². The Bertz CT molecular complexity index is 4350. The number of benzene rings is 9. The Hall–Kier alpha value is -6.72. The van der Waals surface area contributed by atoms with Gasteiger partial charge in [0.15, 0.2) is 0 Å². The predicted octanol–water partition coefficient (Wildman–Crippen LogP) is 37.9. The van der Waals surface area contributed by atoms with Gasteiger partial charge < -0.3 is 9.47 Å². The van der Waals surface area contributed by atoms with Crippen molar-refractivity contribution in [2.24, 2.45) is 48.7 Å². The average Bonchev–Trinajstić information content (AvgIpc) is 1.01. The van der Waals surface area contributed by atoms with Crippen molar-refractivity contribution in [2.45, 2.75) is 386 Å². The zero-order chi connectivity index (χ0) is 94.4. The van der Waals surface area contributed by atoms with Crippen LogP contribution in [0, 0.1) is 90.3 Å². The highest BCUT2D eigenvalue weighted by Crippen LogP contribution is 2.56. The van der Waals surface area contributed by atoms with Crippen LogP contribution in [0.5, 0.6) is 11.5 Å². The van der Waals surface area contributed by atoms with Crippen LogP contribution in [0.3, 0.4) is 0 Å². The highest BCUT2D eigenvalue weighted by Gasteiger charge is 2.46. The zero-order valence-corrected chi connectivity index (χ0v) is 88.6. The van der Waals surface area contributed by atoms with E-state index in [9.17, 15) is 0 Å². The second-order valence-corrected chi connectivity index (χ2v) is 48.3. The molecule has 0 unspecified atom stereocenters. The van der Waals surface area contributed by atoms with E-state index in [1.807, 2.05) is 41.7 Å². The summed E-state index contributed by atoms with van der Waals surface area (Å²) >= 11 is 4.02. The van der Waals surface area contributed by atoms with Gasteiger partial charge in [0.05, 0.1) is 13.2 Å². The lowest BCUT2D eigenvalue weighted by atomic mass is 9.58. The van der Waals surface area contributed by atoms with E-state index in [0.717, 1.165) is 43.3 Å². The van der Waals surface area contributed by atoms with Gasteiger partial charge in [-0.3, -0.25) is 0 Å². The number of ether oxygens (including phenoxy) is 2. The molecule has 0 radical (unpaired) electrons. The van der Waals surface area contributed by atoms with E-state index in [2.05, 4.69) is 419 Å². The largest absolute Gasteiger partial charge is 0.493 e. The maximum absolute atomic E-state index is 6.01. The number of rotatable bonds is 33. The molecular weight excluding hydrogens is 1590 g/mol. The first-order valence-electron chi connectivity index (χ1n) is 50.1. The van der Waals surface area contributed by atoms with Crippen molar-refractivity contribution in [3.05, 3.63) is 298 Å². The second kappa shape index (κ2) is 48.8. The molecule has 0 N–H and O–H groups in total. The third-order valence-corrected chi connectivity index (χ3v) is 36.8. The van der Waals surface area contributed by atoms with Gasteiger partial charge in [0, 0.05) is 9.79 Å². The van der Waals surface area contributed by atoms with Crippen molar-refractivity contribution in [3.63, 3.8) is 0 Å². The Morgan fingerprint density at radius 1 is 0.266 bits per heavy atom.